The van der Waals surface area contributed by atoms with Crippen LogP contribution in [0.2, 0.25) is 0 Å². The third-order valence-electron chi connectivity index (χ3n) is 4.13. The molecule has 2 aromatic rings. The van der Waals surface area contributed by atoms with Crippen LogP contribution in [-0.2, 0) is 9.53 Å². The van der Waals surface area contributed by atoms with Crippen LogP contribution in [0.25, 0.3) is 0 Å². The number of benzene rings is 2. The van der Waals surface area contributed by atoms with E-state index in [1.165, 1.54) is 18.5 Å². The molecule has 2 amide bonds. The highest BCUT2D eigenvalue weighted by Crippen LogP contribution is 2.31. The van der Waals surface area contributed by atoms with Gasteiger partial charge in [-0.15, -0.1) is 0 Å². The van der Waals surface area contributed by atoms with Gasteiger partial charge in [0.05, 0.1) is 6.61 Å². The van der Waals surface area contributed by atoms with Crippen molar-refractivity contribution in [3.05, 3.63) is 71.8 Å². The fraction of sp³-hybridized carbons (Fsp3) is 0.227. The van der Waals surface area contributed by atoms with Gasteiger partial charge in [0, 0.05) is 29.3 Å². The van der Waals surface area contributed by atoms with Crippen LogP contribution in [0.5, 0.6) is 5.75 Å². The second-order valence-corrected chi connectivity index (χ2v) is 6.38. The fourth-order valence-electron chi connectivity index (χ4n) is 2.67. The average molecular weight is 428 g/mol. The molecule has 0 aliphatic heterocycles. The van der Waals surface area contributed by atoms with Gasteiger partial charge in [0.2, 0.25) is 0 Å². The normalized spacial score (nSPS) is 11.6. The van der Waals surface area contributed by atoms with E-state index in [0.29, 0.717) is 22.6 Å². The molecule has 0 spiro atoms. The molecule has 0 saturated carbocycles. The highest BCUT2D eigenvalue weighted by molar-refractivity contribution is 5.95. The van der Waals surface area contributed by atoms with Crippen molar-refractivity contribution < 1.29 is 34.2 Å². The number of aliphatic hydroxyl groups is 1. The zero-order chi connectivity index (χ0) is 22.6. The lowest BCUT2D eigenvalue weighted by atomic mass is 10.0. The second kappa shape index (κ2) is 12.1. The van der Waals surface area contributed by atoms with Gasteiger partial charge in [-0.3, -0.25) is 20.1 Å². The number of hydroxylamine groups is 1. The molecule has 0 aliphatic rings. The number of ketones is 1. The van der Waals surface area contributed by atoms with Crippen molar-refractivity contribution in [2.24, 2.45) is 0 Å². The van der Waals surface area contributed by atoms with Crippen LogP contribution < -0.4 is 15.5 Å². The minimum absolute atomic E-state index is 0.0567. The summed E-state index contributed by atoms with van der Waals surface area (Å²) in [5.74, 6) is -0.397. The summed E-state index contributed by atoms with van der Waals surface area (Å²) >= 11 is 0. The highest BCUT2D eigenvalue weighted by Gasteiger charge is 2.20. The Balaban J connectivity index is 2.18. The summed E-state index contributed by atoms with van der Waals surface area (Å²) in [7, 11) is 0. The molecule has 0 fully saturated rings. The first kappa shape index (κ1) is 23.6. The molecule has 2 rings (SSSR count). The Morgan fingerprint density at radius 2 is 1.81 bits per heavy atom. The number of hydrogen-bond donors (Lipinski definition) is 4. The predicted molar refractivity (Wildman–Crippen MR) is 112 cm³/mol. The number of hydrogen-bond acceptors (Lipinski definition) is 7. The number of amides is 2. The van der Waals surface area contributed by atoms with E-state index in [9.17, 15) is 14.4 Å². The van der Waals surface area contributed by atoms with Crippen molar-refractivity contribution in [2.75, 3.05) is 18.5 Å². The molecule has 0 heterocycles. The molecule has 0 aliphatic carbocycles. The summed E-state index contributed by atoms with van der Waals surface area (Å²) < 4.78 is 11.1. The summed E-state index contributed by atoms with van der Waals surface area (Å²) in [6.45, 7) is 1.32. The summed E-state index contributed by atoms with van der Waals surface area (Å²) in [6, 6.07) is 13.2. The molecule has 4 N–H and O–H groups in total. The fourth-order valence-corrected chi connectivity index (χ4v) is 2.67. The molecule has 9 nitrogen and oxygen atoms in total. The predicted octanol–water partition coefficient (Wildman–Crippen LogP) is 3.00. The van der Waals surface area contributed by atoms with Crippen LogP contribution in [0.3, 0.4) is 0 Å². The number of anilines is 1. The van der Waals surface area contributed by atoms with E-state index in [2.05, 4.69) is 5.32 Å². The summed E-state index contributed by atoms with van der Waals surface area (Å²) in [5, 5.41) is 20.2. The third kappa shape index (κ3) is 7.57. The van der Waals surface area contributed by atoms with Crippen LogP contribution in [-0.4, -0.2) is 41.3 Å². The van der Waals surface area contributed by atoms with E-state index < -0.39 is 18.1 Å². The second-order valence-electron chi connectivity index (χ2n) is 6.38. The van der Waals surface area contributed by atoms with Crippen LogP contribution in [0.4, 0.5) is 10.5 Å². The Morgan fingerprint density at radius 3 is 2.45 bits per heavy atom. The van der Waals surface area contributed by atoms with Gasteiger partial charge < -0.3 is 14.6 Å². The van der Waals surface area contributed by atoms with Gasteiger partial charge in [-0.25, -0.2) is 10.3 Å². The quantitative estimate of drug-likeness (QED) is 0.198. The standard InChI is InChI=1S/C22H24N2O7/c1-15(26)16-9-11-17(12-10-16)23-22(28)31-20(7-4-8-21(27)24-29)18-5-2-3-6-19(18)30-14-13-25/h2-6,8-12,20,25,29H,7,13-14H2,1H3,(H,23,28)(H,24,27)/b8-4+/t20-/m0/s1. The average Bonchev–Trinajstić information content (AvgIpc) is 2.77. The first-order valence-corrected chi connectivity index (χ1v) is 9.46. The number of nitrogens with one attached hydrogen (secondary N) is 2. The van der Waals surface area contributed by atoms with E-state index >= 15 is 0 Å². The molecule has 9 heteroatoms. The van der Waals surface area contributed by atoms with Gasteiger partial charge in [0.25, 0.3) is 5.91 Å². The third-order valence-corrected chi connectivity index (χ3v) is 4.13. The number of aliphatic hydroxyl groups excluding tert-OH is 1. The van der Waals surface area contributed by atoms with Crippen molar-refractivity contribution in [3.63, 3.8) is 0 Å². The Hall–Kier alpha value is -3.69. The van der Waals surface area contributed by atoms with Crippen molar-refractivity contribution >= 4 is 23.5 Å². The topological polar surface area (TPSA) is 134 Å². The van der Waals surface area contributed by atoms with Gasteiger partial charge in [-0.1, -0.05) is 24.3 Å². The summed E-state index contributed by atoms with van der Waals surface area (Å²) in [6.07, 6.45) is 1.08. The number of para-hydroxylation sites is 1. The summed E-state index contributed by atoms with van der Waals surface area (Å²) in [4.78, 5) is 35.1. The monoisotopic (exact) mass is 428 g/mol. The Morgan fingerprint density at radius 1 is 1.10 bits per heavy atom. The lowest BCUT2D eigenvalue weighted by molar-refractivity contribution is -0.124. The number of Topliss-reactive ketones (excluding diaryl/α,β-unsaturated/α-hetero) is 1. The number of rotatable bonds is 10. The van der Waals surface area contributed by atoms with Crippen molar-refractivity contribution in [2.45, 2.75) is 19.4 Å². The van der Waals surface area contributed by atoms with E-state index in [1.54, 1.807) is 48.5 Å². The van der Waals surface area contributed by atoms with Crippen molar-refractivity contribution in [3.8, 4) is 5.75 Å². The lowest BCUT2D eigenvalue weighted by Crippen LogP contribution is -2.19. The molecule has 0 radical (unpaired) electrons. The SMILES string of the molecule is CC(=O)c1ccc(NC(=O)O[C@@H](C/C=C/C(=O)NO)c2ccccc2OCCO)cc1. The highest BCUT2D eigenvalue weighted by atomic mass is 16.6. The van der Waals surface area contributed by atoms with Gasteiger partial charge in [-0.2, -0.15) is 0 Å². The first-order chi connectivity index (χ1) is 14.9. The lowest BCUT2D eigenvalue weighted by Gasteiger charge is -2.20. The maximum Gasteiger partial charge on any atom is 0.412 e. The molecule has 1 atom stereocenters. The van der Waals surface area contributed by atoms with Crippen LogP contribution >= 0.6 is 0 Å². The molecule has 0 bridgehead atoms. The largest absolute Gasteiger partial charge is 0.491 e. The van der Waals surface area contributed by atoms with E-state index in [4.69, 9.17) is 19.8 Å². The Bertz CT molecular complexity index is 926. The maximum atomic E-state index is 12.5. The maximum absolute atomic E-state index is 12.5. The molecular formula is C22H24N2O7. The smallest absolute Gasteiger partial charge is 0.412 e. The molecule has 164 valence electrons. The van der Waals surface area contributed by atoms with E-state index in [1.807, 2.05) is 0 Å². The van der Waals surface area contributed by atoms with E-state index in [0.717, 1.165) is 6.08 Å². The molecule has 31 heavy (non-hydrogen) atoms. The Kier molecular flexibility index (Phi) is 9.21. The van der Waals surface area contributed by atoms with Crippen LogP contribution in [0.1, 0.15) is 35.4 Å². The van der Waals surface area contributed by atoms with Crippen molar-refractivity contribution in [1.82, 2.24) is 5.48 Å². The van der Waals surface area contributed by atoms with Crippen LogP contribution in [0, 0.1) is 0 Å². The number of carbonyl (C=O) groups excluding carboxylic acids is 3. The minimum Gasteiger partial charge on any atom is -0.491 e. The Labute approximate surface area is 179 Å². The molecule has 0 saturated heterocycles. The van der Waals surface area contributed by atoms with Gasteiger partial charge in [0.15, 0.2) is 5.78 Å². The zero-order valence-corrected chi connectivity index (χ0v) is 16.9. The zero-order valence-electron chi connectivity index (χ0n) is 16.9. The molecule has 2 aromatic carbocycles. The van der Waals surface area contributed by atoms with Crippen molar-refractivity contribution in [1.29, 1.82) is 0 Å². The van der Waals surface area contributed by atoms with Gasteiger partial charge in [-0.05, 0) is 37.3 Å². The van der Waals surface area contributed by atoms with Crippen LogP contribution in [0.15, 0.2) is 60.7 Å². The van der Waals surface area contributed by atoms with E-state index in [-0.39, 0.29) is 25.4 Å². The summed E-state index contributed by atoms with van der Waals surface area (Å²) in [5.41, 5.74) is 2.97. The number of carbonyl (C=O) groups is 3. The molecule has 0 unspecified atom stereocenters. The molecular weight excluding hydrogens is 404 g/mol. The minimum atomic E-state index is -0.825. The number of ether oxygens (including phenoxy) is 2. The van der Waals surface area contributed by atoms with Gasteiger partial charge >= 0.3 is 6.09 Å². The first-order valence-electron chi connectivity index (χ1n) is 9.46. The molecule has 0 aromatic heterocycles. The van der Waals surface area contributed by atoms with Gasteiger partial charge in [0.1, 0.15) is 18.5 Å².